The van der Waals surface area contributed by atoms with Gasteiger partial charge >= 0.3 is 6.18 Å². The Bertz CT molecular complexity index is 633. The summed E-state index contributed by atoms with van der Waals surface area (Å²) in [4.78, 5) is 17.0. The highest BCUT2D eigenvalue weighted by Gasteiger charge is 2.30. The quantitative estimate of drug-likeness (QED) is 0.746. The van der Waals surface area contributed by atoms with Gasteiger partial charge in [-0.2, -0.15) is 13.2 Å². The fourth-order valence-corrected chi connectivity index (χ4v) is 3.79. The molecule has 1 aromatic rings. The van der Waals surface area contributed by atoms with Crippen LogP contribution in [0.4, 0.5) is 13.2 Å². The third kappa shape index (κ3) is 4.87. The molecule has 6 heteroatoms. The minimum absolute atomic E-state index is 0.0474. The number of likely N-dealkylation sites (tertiary alicyclic amines) is 2. The summed E-state index contributed by atoms with van der Waals surface area (Å²) in [6.45, 7) is 3.91. The number of hydrogen-bond acceptors (Lipinski definition) is 2. The van der Waals surface area contributed by atoms with Gasteiger partial charge < -0.3 is 9.80 Å². The van der Waals surface area contributed by atoms with Crippen LogP contribution < -0.4 is 0 Å². The largest absolute Gasteiger partial charge is 0.416 e. The second-order valence-corrected chi connectivity index (χ2v) is 7.14. The summed E-state index contributed by atoms with van der Waals surface area (Å²) >= 11 is 0. The number of carbonyl (C=O) groups is 1. The molecule has 0 aliphatic carbocycles. The first kappa shape index (κ1) is 19.0. The Hall–Kier alpha value is -1.82. The molecule has 2 fully saturated rings. The SMILES string of the molecule is O=C(C=Cc1ccc(C(F)(F)F)cc1)N1CCCCC1CN1CCCC1. The number of halogens is 3. The number of carbonyl (C=O) groups excluding carboxylic acids is 1. The highest BCUT2D eigenvalue weighted by Crippen LogP contribution is 2.29. The monoisotopic (exact) mass is 366 g/mol. The van der Waals surface area contributed by atoms with Gasteiger partial charge in [-0.3, -0.25) is 4.79 Å². The minimum Gasteiger partial charge on any atom is -0.335 e. The average Bonchev–Trinajstić information content (AvgIpc) is 3.13. The van der Waals surface area contributed by atoms with E-state index in [4.69, 9.17) is 0 Å². The Morgan fingerprint density at radius 3 is 2.35 bits per heavy atom. The molecule has 0 spiro atoms. The van der Waals surface area contributed by atoms with Gasteiger partial charge in [-0.15, -0.1) is 0 Å². The standard InChI is InChI=1S/C20H25F3N2O/c21-20(22,23)17-9-6-16(7-10-17)8-11-19(26)25-14-2-1-5-18(25)15-24-12-3-4-13-24/h6-11,18H,1-5,12-15H2. The van der Waals surface area contributed by atoms with Crippen LogP contribution >= 0.6 is 0 Å². The first-order valence-corrected chi connectivity index (χ1v) is 9.32. The smallest absolute Gasteiger partial charge is 0.335 e. The lowest BCUT2D eigenvalue weighted by Crippen LogP contribution is -2.48. The zero-order valence-corrected chi connectivity index (χ0v) is 14.8. The van der Waals surface area contributed by atoms with Gasteiger partial charge in [0.2, 0.25) is 5.91 Å². The van der Waals surface area contributed by atoms with E-state index in [-0.39, 0.29) is 11.9 Å². The fourth-order valence-electron chi connectivity index (χ4n) is 3.79. The van der Waals surface area contributed by atoms with Crippen LogP contribution in [0.5, 0.6) is 0 Å². The maximum absolute atomic E-state index is 12.6. The van der Waals surface area contributed by atoms with E-state index in [1.54, 1.807) is 6.08 Å². The Balaban J connectivity index is 1.62. The summed E-state index contributed by atoms with van der Waals surface area (Å²) in [6, 6.07) is 5.11. The molecule has 0 saturated carbocycles. The van der Waals surface area contributed by atoms with Gasteiger partial charge in [0.05, 0.1) is 5.56 Å². The Kier molecular flexibility index (Phi) is 6.01. The summed E-state index contributed by atoms with van der Waals surface area (Å²) in [6.07, 6.45) is 4.39. The maximum Gasteiger partial charge on any atom is 0.416 e. The first-order chi connectivity index (χ1) is 12.4. The summed E-state index contributed by atoms with van der Waals surface area (Å²) in [5.41, 5.74) is -0.0814. The molecule has 3 rings (SSSR count). The molecular formula is C20H25F3N2O. The van der Waals surface area contributed by atoms with Gasteiger partial charge in [-0.05, 0) is 69.0 Å². The second-order valence-electron chi connectivity index (χ2n) is 7.14. The van der Waals surface area contributed by atoms with E-state index in [2.05, 4.69) is 4.90 Å². The fraction of sp³-hybridized carbons (Fsp3) is 0.550. The van der Waals surface area contributed by atoms with Crippen molar-refractivity contribution in [2.75, 3.05) is 26.2 Å². The Labute approximate surface area is 152 Å². The third-order valence-corrected chi connectivity index (χ3v) is 5.23. The normalized spacial score (nSPS) is 22.3. The molecule has 1 aromatic carbocycles. The predicted molar refractivity (Wildman–Crippen MR) is 95.5 cm³/mol. The van der Waals surface area contributed by atoms with Crippen LogP contribution in [0.15, 0.2) is 30.3 Å². The predicted octanol–water partition coefficient (Wildman–Crippen LogP) is 4.20. The van der Waals surface area contributed by atoms with Crippen LogP contribution in [-0.4, -0.2) is 47.9 Å². The molecule has 0 radical (unpaired) electrons. The zero-order chi connectivity index (χ0) is 18.6. The van der Waals surface area contributed by atoms with E-state index in [0.29, 0.717) is 5.56 Å². The van der Waals surface area contributed by atoms with Crippen molar-refractivity contribution in [2.24, 2.45) is 0 Å². The van der Waals surface area contributed by atoms with Gasteiger partial charge in [0, 0.05) is 25.2 Å². The van der Waals surface area contributed by atoms with Crippen LogP contribution in [0.1, 0.15) is 43.2 Å². The molecule has 2 aliphatic rings. The number of piperidine rings is 1. The number of rotatable bonds is 4. The van der Waals surface area contributed by atoms with Crippen LogP contribution in [0.25, 0.3) is 6.08 Å². The number of hydrogen-bond donors (Lipinski definition) is 0. The van der Waals surface area contributed by atoms with Crippen LogP contribution in [0.3, 0.4) is 0 Å². The minimum atomic E-state index is -4.34. The molecule has 0 N–H and O–H groups in total. The van der Waals surface area contributed by atoms with Gasteiger partial charge in [-0.25, -0.2) is 0 Å². The summed E-state index contributed by atoms with van der Waals surface area (Å²) < 4.78 is 37.8. The maximum atomic E-state index is 12.6. The van der Waals surface area contributed by atoms with E-state index >= 15 is 0 Å². The average molecular weight is 366 g/mol. The second kappa shape index (κ2) is 8.25. The molecule has 0 aromatic heterocycles. The number of nitrogens with zero attached hydrogens (tertiary/aromatic N) is 2. The van der Waals surface area contributed by atoms with Crippen molar-refractivity contribution >= 4 is 12.0 Å². The molecule has 2 aliphatic heterocycles. The zero-order valence-electron chi connectivity index (χ0n) is 14.8. The number of alkyl halides is 3. The number of benzene rings is 1. The van der Waals surface area contributed by atoms with Crippen molar-refractivity contribution in [3.05, 3.63) is 41.5 Å². The summed E-state index contributed by atoms with van der Waals surface area (Å²) in [7, 11) is 0. The van der Waals surface area contributed by atoms with E-state index in [9.17, 15) is 18.0 Å². The molecule has 3 nitrogen and oxygen atoms in total. The van der Waals surface area contributed by atoms with Crippen LogP contribution in [-0.2, 0) is 11.0 Å². The molecule has 1 amide bonds. The lowest BCUT2D eigenvalue weighted by atomic mass is 10.0. The van der Waals surface area contributed by atoms with Crippen molar-refractivity contribution in [3.8, 4) is 0 Å². The van der Waals surface area contributed by atoms with Crippen molar-refractivity contribution in [1.82, 2.24) is 9.80 Å². The molecule has 2 heterocycles. The molecular weight excluding hydrogens is 341 g/mol. The molecule has 142 valence electrons. The van der Waals surface area contributed by atoms with Gasteiger partial charge in [0.25, 0.3) is 0 Å². The third-order valence-electron chi connectivity index (χ3n) is 5.23. The van der Waals surface area contributed by atoms with Crippen molar-refractivity contribution in [3.63, 3.8) is 0 Å². The van der Waals surface area contributed by atoms with Gasteiger partial charge in [-0.1, -0.05) is 12.1 Å². The molecule has 0 bridgehead atoms. The van der Waals surface area contributed by atoms with E-state index in [1.165, 1.54) is 31.1 Å². The summed E-state index contributed by atoms with van der Waals surface area (Å²) in [5.74, 6) is -0.0474. The lowest BCUT2D eigenvalue weighted by Gasteiger charge is -2.37. The van der Waals surface area contributed by atoms with Crippen molar-refractivity contribution < 1.29 is 18.0 Å². The molecule has 1 atom stereocenters. The highest BCUT2D eigenvalue weighted by molar-refractivity contribution is 5.92. The first-order valence-electron chi connectivity index (χ1n) is 9.32. The molecule has 1 unspecified atom stereocenters. The Morgan fingerprint density at radius 1 is 1.04 bits per heavy atom. The lowest BCUT2D eigenvalue weighted by molar-refractivity contribution is -0.137. The van der Waals surface area contributed by atoms with Gasteiger partial charge in [0.15, 0.2) is 0 Å². The summed E-state index contributed by atoms with van der Waals surface area (Å²) in [5, 5.41) is 0. The highest BCUT2D eigenvalue weighted by atomic mass is 19.4. The van der Waals surface area contributed by atoms with Crippen LogP contribution in [0.2, 0.25) is 0 Å². The van der Waals surface area contributed by atoms with E-state index in [0.717, 1.165) is 57.6 Å². The van der Waals surface area contributed by atoms with E-state index in [1.807, 2.05) is 4.90 Å². The number of amides is 1. The topological polar surface area (TPSA) is 23.6 Å². The van der Waals surface area contributed by atoms with Crippen LogP contribution in [0, 0.1) is 0 Å². The van der Waals surface area contributed by atoms with Crippen molar-refractivity contribution in [1.29, 1.82) is 0 Å². The van der Waals surface area contributed by atoms with Crippen molar-refractivity contribution in [2.45, 2.75) is 44.3 Å². The van der Waals surface area contributed by atoms with Gasteiger partial charge in [0.1, 0.15) is 0 Å². The molecule has 26 heavy (non-hydrogen) atoms. The van der Waals surface area contributed by atoms with E-state index < -0.39 is 11.7 Å². The molecule has 2 saturated heterocycles. The Morgan fingerprint density at radius 2 is 1.69 bits per heavy atom.